The zero-order valence-corrected chi connectivity index (χ0v) is 14.4. The molecule has 1 aliphatic rings. The first-order valence-corrected chi connectivity index (χ1v) is 8.28. The van der Waals surface area contributed by atoms with Gasteiger partial charge >= 0.3 is 0 Å². The quantitative estimate of drug-likeness (QED) is 0.911. The number of aliphatic hydroxyl groups is 1. The molecule has 118 valence electrons. The second-order valence-electron chi connectivity index (χ2n) is 7.64. The van der Waals surface area contributed by atoms with Crippen molar-refractivity contribution in [1.29, 1.82) is 0 Å². The monoisotopic (exact) mass is 289 g/mol. The van der Waals surface area contributed by atoms with E-state index >= 15 is 0 Å². The Morgan fingerprint density at radius 2 is 1.76 bits per heavy atom. The molecule has 1 aromatic rings. The van der Waals surface area contributed by atoms with E-state index in [1.54, 1.807) is 0 Å². The number of piperidine rings is 1. The molecule has 2 nitrogen and oxygen atoms in total. The average molecular weight is 289 g/mol. The van der Waals surface area contributed by atoms with Gasteiger partial charge in [-0.3, -0.25) is 4.90 Å². The lowest BCUT2D eigenvalue weighted by Gasteiger charge is -2.35. The van der Waals surface area contributed by atoms with Gasteiger partial charge in [-0.1, -0.05) is 39.3 Å². The van der Waals surface area contributed by atoms with Crippen molar-refractivity contribution in [2.75, 3.05) is 13.2 Å². The van der Waals surface area contributed by atoms with E-state index in [-0.39, 0.29) is 12.0 Å². The highest BCUT2D eigenvalue weighted by atomic mass is 16.3. The van der Waals surface area contributed by atoms with E-state index in [2.05, 4.69) is 51.7 Å². The molecule has 2 rings (SSSR count). The van der Waals surface area contributed by atoms with Gasteiger partial charge in [0.25, 0.3) is 0 Å². The molecule has 0 amide bonds. The summed E-state index contributed by atoms with van der Waals surface area (Å²) in [7, 11) is 0. The van der Waals surface area contributed by atoms with Crippen LogP contribution in [0.1, 0.15) is 62.3 Å². The van der Waals surface area contributed by atoms with Crippen LogP contribution >= 0.6 is 0 Å². The number of hydrogen-bond acceptors (Lipinski definition) is 2. The summed E-state index contributed by atoms with van der Waals surface area (Å²) in [5.41, 5.74) is 5.85. The molecule has 1 saturated heterocycles. The Bertz CT molecular complexity index is 464. The minimum Gasteiger partial charge on any atom is -0.395 e. The molecule has 0 aliphatic carbocycles. The summed E-state index contributed by atoms with van der Waals surface area (Å²) in [6.07, 6.45) is 3.64. The van der Waals surface area contributed by atoms with Crippen molar-refractivity contribution >= 4 is 0 Å². The molecule has 1 atom stereocenters. The Kier molecular flexibility index (Phi) is 5.11. The molecule has 2 heteroatoms. The van der Waals surface area contributed by atoms with Crippen molar-refractivity contribution in [2.24, 2.45) is 0 Å². The highest BCUT2D eigenvalue weighted by Crippen LogP contribution is 2.29. The fraction of sp³-hybridized carbons (Fsp3) is 0.684. The normalized spacial score (nSPS) is 20.8. The smallest absolute Gasteiger partial charge is 0.0586 e. The lowest BCUT2D eigenvalue weighted by molar-refractivity contribution is 0.0838. The van der Waals surface area contributed by atoms with Gasteiger partial charge in [-0.25, -0.2) is 0 Å². The van der Waals surface area contributed by atoms with Crippen LogP contribution in [0.15, 0.2) is 12.1 Å². The van der Waals surface area contributed by atoms with Crippen LogP contribution in [0.5, 0.6) is 0 Å². The zero-order valence-electron chi connectivity index (χ0n) is 14.4. The molecule has 0 radical (unpaired) electrons. The summed E-state index contributed by atoms with van der Waals surface area (Å²) >= 11 is 0. The molecule has 1 unspecified atom stereocenters. The van der Waals surface area contributed by atoms with E-state index < -0.39 is 0 Å². The number of hydrogen-bond donors (Lipinski definition) is 1. The predicted octanol–water partition coefficient (Wildman–Crippen LogP) is 3.95. The van der Waals surface area contributed by atoms with Gasteiger partial charge in [0, 0.05) is 12.6 Å². The summed E-state index contributed by atoms with van der Waals surface area (Å²) < 4.78 is 0. The van der Waals surface area contributed by atoms with E-state index in [0.29, 0.717) is 6.04 Å². The lowest BCUT2D eigenvalue weighted by atomic mass is 9.83. The van der Waals surface area contributed by atoms with Gasteiger partial charge in [0.1, 0.15) is 0 Å². The first-order chi connectivity index (χ1) is 9.82. The molecule has 0 saturated carbocycles. The van der Waals surface area contributed by atoms with Crippen LogP contribution in [0.4, 0.5) is 0 Å². The summed E-state index contributed by atoms with van der Waals surface area (Å²) in [6, 6.07) is 5.04. The minimum absolute atomic E-state index is 0.201. The van der Waals surface area contributed by atoms with Crippen LogP contribution in [0.25, 0.3) is 0 Å². The fourth-order valence-electron chi connectivity index (χ4n) is 3.35. The van der Waals surface area contributed by atoms with Gasteiger partial charge in [-0.2, -0.15) is 0 Å². The van der Waals surface area contributed by atoms with E-state index in [0.717, 1.165) is 19.5 Å². The summed E-state index contributed by atoms with van der Waals surface area (Å²) in [4.78, 5) is 2.47. The van der Waals surface area contributed by atoms with Gasteiger partial charge in [0.2, 0.25) is 0 Å². The molecule has 1 N–H and O–H groups in total. The van der Waals surface area contributed by atoms with Crippen LogP contribution in [0, 0.1) is 13.8 Å². The van der Waals surface area contributed by atoms with E-state index in [9.17, 15) is 5.11 Å². The van der Waals surface area contributed by atoms with Crippen LogP contribution in [0.2, 0.25) is 0 Å². The summed E-state index contributed by atoms with van der Waals surface area (Å²) in [5, 5.41) is 9.59. The third-order valence-corrected chi connectivity index (χ3v) is 4.88. The summed E-state index contributed by atoms with van der Waals surface area (Å²) in [5.74, 6) is 0. The molecule has 1 aromatic carbocycles. The van der Waals surface area contributed by atoms with Gasteiger partial charge in [-0.05, 0) is 60.9 Å². The highest BCUT2D eigenvalue weighted by molar-refractivity contribution is 5.40. The Morgan fingerprint density at radius 1 is 1.14 bits per heavy atom. The van der Waals surface area contributed by atoms with Crippen molar-refractivity contribution in [1.82, 2.24) is 4.90 Å². The second-order valence-corrected chi connectivity index (χ2v) is 7.64. The maximum absolute atomic E-state index is 9.59. The second kappa shape index (κ2) is 6.50. The molecule has 0 aromatic heterocycles. The highest BCUT2D eigenvalue weighted by Gasteiger charge is 2.23. The SMILES string of the molecule is Cc1cc(C(C)(C)C)cc(C)c1CN1CCCCC1CO. The number of likely N-dealkylation sites (tertiary alicyclic amines) is 1. The Labute approximate surface area is 130 Å². The third kappa shape index (κ3) is 3.87. The van der Waals surface area contributed by atoms with Crippen LogP contribution in [-0.4, -0.2) is 29.2 Å². The van der Waals surface area contributed by atoms with Crippen molar-refractivity contribution in [3.8, 4) is 0 Å². The number of aryl methyl sites for hydroxylation is 2. The van der Waals surface area contributed by atoms with E-state index in [1.165, 1.54) is 35.1 Å². The van der Waals surface area contributed by atoms with Crippen molar-refractivity contribution in [3.63, 3.8) is 0 Å². The fourth-order valence-corrected chi connectivity index (χ4v) is 3.35. The lowest BCUT2D eigenvalue weighted by Crippen LogP contribution is -2.41. The number of benzene rings is 1. The maximum Gasteiger partial charge on any atom is 0.0586 e. The standard InChI is InChI=1S/C19H31NO/c1-14-10-16(19(3,4)5)11-15(2)18(14)12-20-9-7-6-8-17(20)13-21/h10-11,17,21H,6-9,12-13H2,1-5H3. The molecule has 1 aliphatic heterocycles. The van der Waals surface area contributed by atoms with Crippen molar-refractivity contribution < 1.29 is 5.11 Å². The number of rotatable bonds is 3. The number of aliphatic hydroxyl groups excluding tert-OH is 1. The van der Waals surface area contributed by atoms with Gasteiger partial charge in [-0.15, -0.1) is 0 Å². The first-order valence-electron chi connectivity index (χ1n) is 8.28. The molecule has 1 heterocycles. The van der Waals surface area contributed by atoms with Crippen molar-refractivity contribution in [2.45, 2.75) is 71.9 Å². The molecule has 1 fully saturated rings. The third-order valence-electron chi connectivity index (χ3n) is 4.88. The zero-order chi connectivity index (χ0) is 15.6. The molecular formula is C19H31NO. The average Bonchev–Trinajstić information content (AvgIpc) is 2.42. The summed E-state index contributed by atoms with van der Waals surface area (Å²) in [6.45, 7) is 13.7. The van der Waals surface area contributed by atoms with Crippen molar-refractivity contribution in [3.05, 3.63) is 34.4 Å². The van der Waals surface area contributed by atoms with Crippen LogP contribution in [0.3, 0.4) is 0 Å². The van der Waals surface area contributed by atoms with Crippen LogP contribution in [-0.2, 0) is 12.0 Å². The topological polar surface area (TPSA) is 23.5 Å². The Morgan fingerprint density at radius 3 is 2.29 bits per heavy atom. The predicted molar refractivity (Wildman–Crippen MR) is 89.8 cm³/mol. The molecule has 0 bridgehead atoms. The number of nitrogens with zero attached hydrogens (tertiary/aromatic N) is 1. The van der Waals surface area contributed by atoms with Gasteiger partial charge in [0.15, 0.2) is 0 Å². The van der Waals surface area contributed by atoms with Gasteiger partial charge in [0.05, 0.1) is 6.61 Å². The van der Waals surface area contributed by atoms with E-state index in [1.807, 2.05) is 0 Å². The Hall–Kier alpha value is -0.860. The first kappa shape index (κ1) is 16.5. The van der Waals surface area contributed by atoms with Crippen LogP contribution < -0.4 is 0 Å². The maximum atomic E-state index is 9.59. The molecule has 21 heavy (non-hydrogen) atoms. The Balaban J connectivity index is 2.24. The largest absolute Gasteiger partial charge is 0.395 e. The minimum atomic E-state index is 0.201. The molecule has 0 spiro atoms. The van der Waals surface area contributed by atoms with E-state index in [4.69, 9.17) is 0 Å². The van der Waals surface area contributed by atoms with Gasteiger partial charge < -0.3 is 5.11 Å². The molecular weight excluding hydrogens is 258 g/mol.